The van der Waals surface area contributed by atoms with E-state index in [-0.39, 0.29) is 11.9 Å². The Labute approximate surface area is 131 Å². The molecule has 0 aliphatic heterocycles. The van der Waals surface area contributed by atoms with Crippen LogP contribution in [0.4, 0.5) is 15.8 Å². The molecule has 2 rings (SSSR count). The summed E-state index contributed by atoms with van der Waals surface area (Å²) in [6.45, 7) is 7.85. The Morgan fingerprint density at radius 1 is 1.18 bits per heavy atom. The van der Waals surface area contributed by atoms with Gasteiger partial charge in [0.15, 0.2) is 0 Å². The Balaban J connectivity index is 2.46. The van der Waals surface area contributed by atoms with Crippen molar-refractivity contribution in [3.63, 3.8) is 0 Å². The standard InChI is InChI=1S/C18H22FN3/c1-12(2)22(18-8-6-5-7-16(18)19)21-14(4)15-11-13(3)9-10-17(15)20/h5-12H,20H2,1-4H3/b21-14+. The topological polar surface area (TPSA) is 41.6 Å². The second-order valence-electron chi connectivity index (χ2n) is 5.67. The van der Waals surface area contributed by atoms with Crippen molar-refractivity contribution >= 4 is 17.1 Å². The summed E-state index contributed by atoms with van der Waals surface area (Å²) in [5, 5.41) is 6.30. The number of hydrogen-bond acceptors (Lipinski definition) is 3. The van der Waals surface area contributed by atoms with Crippen LogP contribution in [0.3, 0.4) is 0 Å². The van der Waals surface area contributed by atoms with Crippen LogP contribution in [-0.2, 0) is 0 Å². The van der Waals surface area contributed by atoms with Crippen molar-refractivity contribution in [2.45, 2.75) is 33.7 Å². The van der Waals surface area contributed by atoms with E-state index in [0.29, 0.717) is 11.4 Å². The Hall–Kier alpha value is -2.36. The summed E-state index contributed by atoms with van der Waals surface area (Å²) in [6.07, 6.45) is 0. The van der Waals surface area contributed by atoms with E-state index in [0.717, 1.165) is 16.8 Å². The lowest BCUT2D eigenvalue weighted by Crippen LogP contribution is -2.27. The number of halogens is 1. The molecule has 0 aromatic heterocycles. The molecule has 4 heteroatoms. The minimum absolute atomic E-state index is 0.0258. The highest BCUT2D eigenvalue weighted by atomic mass is 19.1. The number of nitrogen functional groups attached to an aromatic ring is 1. The highest BCUT2D eigenvalue weighted by Crippen LogP contribution is 2.23. The minimum Gasteiger partial charge on any atom is -0.398 e. The summed E-state index contributed by atoms with van der Waals surface area (Å²) in [6, 6.07) is 12.5. The van der Waals surface area contributed by atoms with Gasteiger partial charge in [-0.1, -0.05) is 23.8 Å². The molecule has 2 aromatic carbocycles. The van der Waals surface area contributed by atoms with Crippen molar-refractivity contribution in [3.8, 4) is 0 Å². The number of para-hydroxylation sites is 1. The smallest absolute Gasteiger partial charge is 0.148 e. The van der Waals surface area contributed by atoms with Gasteiger partial charge in [0.2, 0.25) is 0 Å². The Morgan fingerprint density at radius 2 is 1.86 bits per heavy atom. The van der Waals surface area contributed by atoms with Gasteiger partial charge in [0, 0.05) is 17.3 Å². The molecule has 2 N–H and O–H groups in total. The molecule has 0 amide bonds. The van der Waals surface area contributed by atoms with Gasteiger partial charge >= 0.3 is 0 Å². The number of rotatable bonds is 4. The highest BCUT2D eigenvalue weighted by Gasteiger charge is 2.15. The molecular weight excluding hydrogens is 277 g/mol. The lowest BCUT2D eigenvalue weighted by atomic mass is 10.1. The molecular formula is C18H22FN3. The summed E-state index contributed by atoms with van der Waals surface area (Å²) < 4.78 is 14.1. The zero-order valence-corrected chi connectivity index (χ0v) is 13.5. The predicted octanol–water partition coefficient (Wildman–Crippen LogP) is 4.36. The summed E-state index contributed by atoms with van der Waals surface area (Å²) in [5.41, 5.74) is 9.92. The second kappa shape index (κ2) is 6.60. The van der Waals surface area contributed by atoms with E-state index in [2.05, 4.69) is 5.10 Å². The van der Waals surface area contributed by atoms with Crippen LogP contribution < -0.4 is 10.7 Å². The first-order valence-electron chi connectivity index (χ1n) is 7.35. The molecule has 0 fully saturated rings. The third-order valence-corrected chi connectivity index (χ3v) is 3.44. The number of nitrogens with two attached hydrogens (primary N) is 1. The van der Waals surface area contributed by atoms with E-state index in [4.69, 9.17) is 5.73 Å². The zero-order chi connectivity index (χ0) is 16.3. The van der Waals surface area contributed by atoms with Crippen LogP contribution in [0, 0.1) is 12.7 Å². The van der Waals surface area contributed by atoms with Crippen molar-refractivity contribution < 1.29 is 4.39 Å². The Kier molecular flexibility index (Phi) is 4.81. The summed E-state index contributed by atoms with van der Waals surface area (Å²) in [5.74, 6) is -0.287. The minimum atomic E-state index is -0.287. The van der Waals surface area contributed by atoms with Crippen molar-refractivity contribution in [2.24, 2.45) is 5.10 Å². The molecule has 0 bridgehead atoms. The fourth-order valence-electron chi connectivity index (χ4n) is 2.28. The molecule has 0 heterocycles. The fraction of sp³-hybridized carbons (Fsp3) is 0.278. The third-order valence-electron chi connectivity index (χ3n) is 3.44. The maximum atomic E-state index is 14.1. The molecule has 0 saturated carbocycles. The Morgan fingerprint density at radius 3 is 2.50 bits per heavy atom. The highest BCUT2D eigenvalue weighted by molar-refractivity contribution is 6.03. The first kappa shape index (κ1) is 16.0. The quantitative estimate of drug-likeness (QED) is 0.518. The second-order valence-corrected chi connectivity index (χ2v) is 5.67. The van der Waals surface area contributed by atoms with Crippen LogP contribution in [-0.4, -0.2) is 11.8 Å². The molecule has 0 saturated heterocycles. The van der Waals surface area contributed by atoms with Crippen LogP contribution in [0.15, 0.2) is 47.6 Å². The van der Waals surface area contributed by atoms with Crippen molar-refractivity contribution in [3.05, 3.63) is 59.4 Å². The van der Waals surface area contributed by atoms with Gasteiger partial charge in [-0.15, -0.1) is 0 Å². The summed E-state index contributed by atoms with van der Waals surface area (Å²) >= 11 is 0. The number of benzene rings is 2. The van der Waals surface area contributed by atoms with E-state index >= 15 is 0 Å². The molecule has 0 spiro atoms. The first-order valence-corrected chi connectivity index (χ1v) is 7.35. The van der Waals surface area contributed by atoms with Gasteiger partial charge in [0.1, 0.15) is 5.82 Å². The van der Waals surface area contributed by atoms with Gasteiger partial charge in [0.25, 0.3) is 0 Å². The zero-order valence-electron chi connectivity index (χ0n) is 13.5. The van der Waals surface area contributed by atoms with E-state index < -0.39 is 0 Å². The van der Waals surface area contributed by atoms with E-state index in [1.165, 1.54) is 6.07 Å². The number of hydrazone groups is 1. The largest absolute Gasteiger partial charge is 0.398 e. The average molecular weight is 299 g/mol. The number of hydrogen-bond donors (Lipinski definition) is 1. The van der Waals surface area contributed by atoms with Crippen molar-refractivity contribution in [1.82, 2.24) is 0 Å². The van der Waals surface area contributed by atoms with Gasteiger partial charge in [-0.25, -0.2) is 4.39 Å². The van der Waals surface area contributed by atoms with E-state index in [1.807, 2.05) is 45.9 Å². The molecule has 3 nitrogen and oxygen atoms in total. The third kappa shape index (κ3) is 3.45. The molecule has 0 aliphatic rings. The predicted molar refractivity (Wildman–Crippen MR) is 91.8 cm³/mol. The maximum absolute atomic E-state index is 14.1. The maximum Gasteiger partial charge on any atom is 0.148 e. The number of anilines is 2. The molecule has 2 aromatic rings. The van der Waals surface area contributed by atoms with Crippen LogP contribution >= 0.6 is 0 Å². The Bertz CT molecular complexity index is 692. The van der Waals surface area contributed by atoms with E-state index in [9.17, 15) is 4.39 Å². The van der Waals surface area contributed by atoms with Gasteiger partial charge in [0.05, 0.1) is 11.4 Å². The van der Waals surface area contributed by atoms with Crippen LogP contribution in [0.2, 0.25) is 0 Å². The van der Waals surface area contributed by atoms with Crippen LogP contribution in [0.1, 0.15) is 31.9 Å². The first-order chi connectivity index (χ1) is 10.4. The fourth-order valence-corrected chi connectivity index (χ4v) is 2.28. The average Bonchev–Trinajstić information content (AvgIpc) is 2.47. The van der Waals surface area contributed by atoms with Crippen LogP contribution in [0.5, 0.6) is 0 Å². The summed E-state index contributed by atoms with van der Waals surface area (Å²) in [7, 11) is 0. The molecule has 0 atom stereocenters. The normalized spacial score (nSPS) is 11.8. The van der Waals surface area contributed by atoms with E-state index in [1.54, 1.807) is 23.2 Å². The SMILES string of the molecule is C/C(=N\N(c1ccccc1F)C(C)C)c1cc(C)ccc1N. The number of nitrogens with zero attached hydrogens (tertiary/aromatic N) is 2. The van der Waals surface area contributed by atoms with Gasteiger partial charge in [-0.05, 0) is 52.0 Å². The molecule has 116 valence electrons. The van der Waals surface area contributed by atoms with Gasteiger partial charge in [-0.3, -0.25) is 5.01 Å². The molecule has 0 radical (unpaired) electrons. The molecule has 0 aliphatic carbocycles. The van der Waals surface area contributed by atoms with Crippen molar-refractivity contribution in [1.29, 1.82) is 0 Å². The summed E-state index contributed by atoms with van der Waals surface area (Å²) in [4.78, 5) is 0. The lowest BCUT2D eigenvalue weighted by molar-refractivity contribution is 0.606. The number of aryl methyl sites for hydroxylation is 1. The monoisotopic (exact) mass is 299 g/mol. The van der Waals surface area contributed by atoms with Crippen LogP contribution in [0.25, 0.3) is 0 Å². The molecule has 22 heavy (non-hydrogen) atoms. The lowest BCUT2D eigenvalue weighted by Gasteiger charge is -2.25. The van der Waals surface area contributed by atoms with Gasteiger partial charge in [-0.2, -0.15) is 5.10 Å². The van der Waals surface area contributed by atoms with Gasteiger partial charge < -0.3 is 5.73 Å². The van der Waals surface area contributed by atoms with Crippen molar-refractivity contribution in [2.75, 3.05) is 10.7 Å². The molecule has 0 unspecified atom stereocenters.